The van der Waals surface area contributed by atoms with E-state index in [0.717, 1.165) is 11.0 Å². The summed E-state index contributed by atoms with van der Waals surface area (Å²) in [7, 11) is 1.90. The molecule has 1 N–H and O–H groups in total. The first-order valence-corrected chi connectivity index (χ1v) is 6.11. The lowest BCUT2D eigenvalue weighted by molar-refractivity contribution is 0.102. The number of nitrogens with one attached hydrogen (secondary N) is 1. The van der Waals surface area contributed by atoms with Crippen molar-refractivity contribution in [3.05, 3.63) is 60.2 Å². The molecule has 2 aromatic carbocycles. The molecular formula is C15H12FN3O. The number of imidazole rings is 1. The van der Waals surface area contributed by atoms with Gasteiger partial charge in [-0.1, -0.05) is 0 Å². The molecule has 1 aromatic heterocycles. The molecule has 0 aliphatic rings. The second kappa shape index (κ2) is 4.77. The highest BCUT2D eigenvalue weighted by Crippen LogP contribution is 2.16. The molecule has 0 fully saturated rings. The Morgan fingerprint density at radius 3 is 2.70 bits per heavy atom. The number of rotatable bonds is 2. The van der Waals surface area contributed by atoms with Crippen LogP contribution in [0.15, 0.2) is 48.8 Å². The molecule has 1 amide bonds. The number of halogens is 1. The Morgan fingerprint density at radius 1 is 1.20 bits per heavy atom. The maximum absolute atomic E-state index is 12.8. The second-order valence-electron chi connectivity index (χ2n) is 4.52. The molecular weight excluding hydrogens is 257 g/mol. The molecule has 0 unspecified atom stereocenters. The molecule has 0 atom stereocenters. The first-order chi connectivity index (χ1) is 9.63. The molecule has 5 heteroatoms. The van der Waals surface area contributed by atoms with Crippen LogP contribution in [0.25, 0.3) is 11.0 Å². The molecule has 0 saturated heterocycles. The number of hydrogen-bond donors (Lipinski definition) is 1. The van der Waals surface area contributed by atoms with E-state index in [4.69, 9.17) is 0 Å². The van der Waals surface area contributed by atoms with E-state index < -0.39 is 0 Å². The van der Waals surface area contributed by atoms with Gasteiger partial charge in [-0.25, -0.2) is 9.37 Å². The molecule has 0 radical (unpaired) electrons. The summed E-state index contributed by atoms with van der Waals surface area (Å²) in [5.74, 6) is -0.581. The largest absolute Gasteiger partial charge is 0.334 e. The van der Waals surface area contributed by atoms with Crippen molar-refractivity contribution in [2.75, 3.05) is 5.32 Å². The van der Waals surface area contributed by atoms with Crippen LogP contribution in [-0.4, -0.2) is 15.5 Å². The van der Waals surface area contributed by atoms with Gasteiger partial charge in [0.15, 0.2) is 0 Å². The van der Waals surface area contributed by atoms with E-state index in [-0.39, 0.29) is 11.7 Å². The topological polar surface area (TPSA) is 46.9 Å². The Kier molecular flexibility index (Phi) is 2.95. The number of amides is 1. The average Bonchev–Trinajstić information content (AvgIpc) is 2.82. The molecule has 3 rings (SSSR count). The molecule has 1 heterocycles. The van der Waals surface area contributed by atoms with Gasteiger partial charge in [-0.3, -0.25) is 4.79 Å². The van der Waals surface area contributed by atoms with Crippen molar-refractivity contribution in [2.24, 2.45) is 7.05 Å². The summed E-state index contributed by atoms with van der Waals surface area (Å²) in [6, 6.07) is 11.0. The van der Waals surface area contributed by atoms with Crippen molar-refractivity contribution in [3.63, 3.8) is 0 Å². The van der Waals surface area contributed by atoms with Crippen LogP contribution < -0.4 is 5.32 Å². The van der Waals surface area contributed by atoms with Crippen molar-refractivity contribution in [3.8, 4) is 0 Å². The third-order valence-corrected chi connectivity index (χ3v) is 3.09. The molecule has 0 aliphatic heterocycles. The maximum atomic E-state index is 12.8. The van der Waals surface area contributed by atoms with Gasteiger partial charge in [0, 0.05) is 18.3 Å². The van der Waals surface area contributed by atoms with Gasteiger partial charge in [-0.05, 0) is 42.5 Å². The Hall–Kier alpha value is -2.69. The lowest BCUT2D eigenvalue weighted by atomic mass is 10.2. The third kappa shape index (κ3) is 2.25. The van der Waals surface area contributed by atoms with Crippen LogP contribution in [0.5, 0.6) is 0 Å². The summed E-state index contributed by atoms with van der Waals surface area (Å²) in [6.45, 7) is 0. The van der Waals surface area contributed by atoms with E-state index in [9.17, 15) is 9.18 Å². The van der Waals surface area contributed by atoms with Crippen molar-refractivity contribution in [1.29, 1.82) is 0 Å². The van der Waals surface area contributed by atoms with Crippen LogP contribution >= 0.6 is 0 Å². The highest BCUT2D eigenvalue weighted by molar-refractivity contribution is 6.05. The predicted octanol–water partition coefficient (Wildman–Crippen LogP) is 2.96. The molecule has 100 valence electrons. The molecule has 0 spiro atoms. The van der Waals surface area contributed by atoms with E-state index in [1.165, 1.54) is 24.3 Å². The first-order valence-electron chi connectivity index (χ1n) is 6.11. The molecule has 0 bridgehead atoms. The molecule has 0 saturated carbocycles. The van der Waals surface area contributed by atoms with Crippen molar-refractivity contribution in [1.82, 2.24) is 9.55 Å². The fourth-order valence-electron chi connectivity index (χ4n) is 2.01. The smallest absolute Gasteiger partial charge is 0.255 e. The van der Waals surface area contributed by atoms with E-state index in [1.807, 2.05) is 17.7 Å². The van der Waals surface area contributed by atoms with Gasteiger partial charge in [0.05, 0.1) is 17.4 Å². The maximum Gasteiger partial charge on any atom is 0.255 e. The summed E-state index contributed by atoms with van der Waals surface area (Å²) in [5.41, 5.74) is 2.79. The van der Waals surface area contributed by atoms with Crippen LogP contribution in [0.2, 0.25) is 0 Å². The van der Waals surface area contributed by atoms with Crippen molar-refractivity contribution < 1.29 is 9.18 Å². The van der Waals surface area contributed by atoms with Gasteiger partial charge in [-0.15, -0.1) is 0 Å². The van der Waals surface area contributed by atoms with Crippen LogP contribution in [-0.2, 0) is 7.05 Å². The number of aromatic nitrogens is 2. The van der Waals surface area contributed by atoms with Gasteiger partial charge in [0.25, 0.3) is 5.91 Å². The van der Waals surface area contributed by atoms with Gasteiger partial charge < -0.3 is 9.88 Å². The highest BCUT2D eigenvalue weighted by Gasteiger charge is 2.08. The number of carbonyl (C=O) groups is 1. The lowest BCUT2D eigenvalue weighted by Gasteiger charge is -2.05. The number of fused-ring (bicyclic) bond motifs is 1. The third-order valence-electron chi connectivity index (χ3n) is 3.09. The highest BCUT2D eigenvalue weighted by atomic mass is 19.1. The van der Waals surface area contributed by atoms with E-state index in [1.54, 1.807) is 18.5 Å². The summed E-state index contributed by atoms with van der Waals surface area (Å²) < 4.78 is 14.7. The van der Waals surface area contributed by atoms with Gasteiger partial charge >= 0.3 is 0 Å². The minimum Gasteiger partial charge on any atom is -0.334 e. The molecule has 4 nitrogen and oxygen atoms in total. The van der Waals surface area contributed by atoms with Crippen LogP contribution in [0.4, 0.5) is 10.1 Å². The predicted molar refractivity (Wildman–Crippen MR) is 75.1 cm³/mol. The number of nitrogens with zero attached hydrogens (tertiary/aromatic N) is 2. The zero-order valence-electron chi connectivity index (χ0n) is 10.8. The first kappa shape index (κ1) is 12.3. The fraction of sp³-hybridized carbons (Fsp3) is 0.0667. The molecule has 0 aliphatic carbocycles. The number of aryl methyl sites for hydroxylation is 1. The number of hydrogen-bond acceptors (Lipinski definition) is 2. The van der Waals surface area contributed by atoms with E-state index >= 15 is 0 Å². The van der Waals surface area contributed by atoms with Crippen molar-refractivity contribution >= 4 is 22.6 Å². The van der Waals surface area contributed by atoms with E-state index in [0.29, 0.717) is 11.3 Å². The minimum atomic E-state index is -0.335. The van der Waals surface area contributed by atoms with Crippen molar-refractivity contribution in [2.45, 2.75) is 0 Å². The minimum absolute atomic E-state index is 0.246. The van der Waals surface area contributed by atoms with Gasteiger partial charge in [0.2, 0.25) is 0 Å². The zero-order chi connectivity index (χ0) is 14.1. The van der Waals surface area contributed by atoms with Gasteiger partial charge in [-0.2, -0.15) is 0 Å². The van der Waals surface area contributed by atoms with E-state index in [2.05, 4.69) is 10.3 Å². The lowest BCUT2D eigenvalue weighted by Crippen LogP contribution is -2.11. The van der Waals surface area contributed by atoms with Crippen LogP contribution in [0.1, 0.15) is 10.4 Å². The second-order valence-corrected chi connectivity index (χ2v) is 4.52. The van der Waals surface area contributed by atoms with Crippen LogP contribution in [0.3, 0.4) is 0 Å². The Morgan fingerprint density at radius 2 is 1.95 bits per heavy atom. The summed E-state index contributed by atoms with van der Waals surface area (Å²) in [6.07, 6.45) is 1.70. The summed E-state index contributed by atoms with van der Waals surface area (Å²) >= 11 is 0. The zero-order valence-corrected chi connectivity index (χ0v) is 10.8. The molecule has 3 aromatic rings. The monoisotopic (exact) mass is 269 g/mol. The molecule has 20 heavy (non-hydrogen) atoms. The van der Waals surface area contributed by atoms with Gasteiger partial charge in [0.1, 0.15) is 5.82 Å². The standard InChI is InChI=1S/C15H12FN3O/c1-19-9-17-13-8-10(2-7-14(13)19)15(20)18-12-5-3-11(16)4-6-12/h2-9H,1H3,(H,18,20). The Bertz CT molecular complexity index is 777. The summed E-state index contributed by atoms with van der Waals surface area (Å²) in [5, 5.41) is 2.72. The normalized spacial score (nSPS) is 10.7. The van der Waals surface area contributed by atoms with Crippen LogP contribution in [0, 0.1) is 5.82 Å². The number of anilines is 1. The summed E-state index contributed by atoms with van der Waals surface area (Å²) in [4.78, 5) is 16.3. The average molecular weight is 269 g/mol. The fourth-order valence-corrected chi connectivity index (χ4v) is 2.01. The number of carbonyl (C=O) groups excluding carboxylic acids is 1. The Labute approximate surface area is 114 Å². The SMILES string of the molecule is Cn1cnc2cc(C(=O)Nc3ccc(F)cc3)ccc21. The quantitative estimate of drug-likeness (QED) is 0.777. The number of benzene rings is 2. The Balaban J connectivity index is 1.86.